The number of hydrogen-bond acceptors (Lipinski definition) is 2. The lowest BCUT2D eigenvalue weighted by Crippen LogP contribution is -2.50. The van der Waals surface area contributed by atoms with E-state index in [0.29, 0.717) is 0 Å². The Morgan fingerprint density at radius 2 is 1.81 bits per heavy atom. The molecule has 0 aliphatic rings. The standard InChI is InChI=1S/C20H21ClF2N2O2/c1-12(2)18(24-19(26)15-6-4-5-7-16(15)21)20(27)25(3)11-13-8-9-14(22)10-17(13)23/h4-10,12,18H,11H2,1-3H3,(H,24,26). The largest absolute Gasteiger partial charge is 0.340 e. The Labute approximate surface area is 162 Å². The fourth-order valence-corrected chi connectivity index (χ4v) is 2.82. The van der Waals surface area contributed by atoms with Crippen molar-refractivity contribution in [2.75, 3.05) is 7.05 Å². The number of likely N-dealkylation sites (N-methyl/N-ethyl adjacent to an activating group) is 1. The molecule has 0 saturated heterocycles. The van der Waals surface area contributed by atoms with Gasteiger partial charge in [-0.15, -0.1) is 0 Å². The molecule has 0 spiro atoms. The zero-order valence-corrected chi connectivity index (χ0v) is 16.1. The molecule has 2 aromatic rings. The molecule has 0 aliphatic carbocycles. The van der Waals surface area contributed by atoms with Gasteiger partial charge >= 0.3 is 0 Å². The average molecular weight is 395 g/mol. The highest BCUT2D eigenvalue weighted by atomic mass is 35.5. The molecule has 4 nitrogen and oxygen atoms in total. The van der Waals surface area contributed by atoms with Gasteiger partial charge in [-0.2, -0.15) is 0 Å². The Morgan fingerprint density at radius 1 is 1.15 bits per heavy atom. The number of hydrogen-bond donors (Lipinski definition) is 1. The first-order valence-electron chi connectivity index (χ1n) is 8.45. The van der Waals surface area contributed by atoms with Crippen LogP contribution in [0, 0.1) is 17.6 Å². The van der Waals surface area contributed by atoms with Crippen molar-refractivity contribution in [3.63, 3.8) is 0 Å². The van der Waals surface area contributed by atoms with Crippen molar-refractivity contribution < 1.29 is 18.4 Å². The predicted octanol–water partition coefficient (Wildman–Crippen LogP) is 4.03. The highest BCUT2D eigenvalue weighted by Gasteiger charge is 2.28. The van der Waals surface area contributed by atoms with Gasteiger partial charge in [0.25, 0.3) is 5.91 Å². The summed E-state index contributed by atoms with van der Waals surface area (Å²) < 4.78 is 26.9. The summed E-state index contributed by atoms with van der Waals surface area (Å²) in [4.78, 5) is 26.6. The molecule has 2 aromatic carbocycles. The van der Waals surface area contributed by atoms with Gasteiger partial charge in [-0.1, -0.05) is 43.6 Å². The van der Waals surface area contributed by atoms with E-state index >= 15 is 0 Å². The first kappa shape index (κ1) is 20.8. The van der Waals surface area contributed by atoms with Gasteiger partial charge in [0.2, 0.25) is 5.91 Å². The molecule has 0 aliphatic heterocycles. The number of nitrogens with one attached hydrogen (secondary N) is 1. The molecule has 0 bridgehead atoms. The topological polar surface area (TPSA) is 49.4 Å². The van der Waals surface area contributed by atoms with E-state index in [9.17, 15) is 18.4 Å². The van der Waals surface area contributed by atoms with E-state index < -0.39 is 23.6 Å². The lowest BCUT2D eigenvalue weighted by atomic mass is 10.0. The van der Waals surface area contributed by atoms with Gasteiger partial charge in [-0.05, 0) is 24.1 Å². The van der Waals surface area contributed by atoms with Crippen LogP contribution < -0.4 is 5.32 Å². The maximum atomic E-state index is 13.8. The minimum atomic E-state index is -0.817. The molecule has 0 heterocycles. The SMILES string of the molecule is CC(C)C(NC(=O)c1ccccc1Cl)C(=O)N(C)Cc1ccc(F)cc1F. The summed E-state index contributed by atoms with van der Waals surface area (Å²) in [5, 5.41) is 2.98. The molecule has 0 radical (unpaired) electrons. The van der Waals surface area contributed by atoms with Crippen molar-refractivity contribution in [1.29, 1.82) is 0 Å². The Balaban J connectivity index is 2.14. The van der Waals surface area contributed by atoms with E-state index in [1.807, 2.05) is 0 Å². The van der Waals surface area contributed by atoms with E-state index in [4.69, 9.17) is 11.6 Å². The number of nitrogens with zero attached hydrogens (tertiary/aromatic N) is 1. The first-order chi connectivity index (χ1) is 12.7. The summed E-state index contributed by atoms with van der Waals surface area (Å²) in [5.74, 6) is -2.46. The zero-order valence-electron chi connectivity index (χ0n) is 15.3. The minimum absolute atomic E-state index is 0.0455. The second kappa shape index (κ2) is 8.95. The fraction of sp³-hybridized carbons (Fsp3) is 0.300. The summed E-state index contributed by atoms with van der Waals surface area (Å²) in [5.41, 5.74) is 0.456. The third-order valence-corrected chi connectivity index (χ3v) is 4.47. The van der Waals surface area contributed by atoms with Gasteiger partial charge in [0.05, 0.1) is 10.6 Å². The van der Waals surface area contributed by atoms with Crippen LogP contribution in [0.25, 0.3) is 0 Å². The van der Waals surface area contributed by atoms with Crippen LogP contribution in [0.4, 0.5) is 8.78 Å². The Kier molecular flexibility index (Phi) is 6.91. The van der Waals surface area contributed by atoms with Gasteiger partial charge in [-0.3, -0.25) is 9.59 Å². The molecule has 0 aromatic heterocycles. The molecule has 7 heteroatoms. The molecule has 27 heavy (non-hydrogen) atoms. The summed E-state index contributed by atoms with van der Waals surface area (Å²) in [6.45, 7) is 3.54. The maximum Gasteiger partial charge on any atom is 0.253 e. The summed E-state index contributed by atoms with van der Waals surface area (Å²) >= 11 is 6.03. The van der Waals surface area contributed by atoms with Crippen LogP contribution in [0.2, 0.25) is 5.02 Å². The van der Waals surface area contributed by atoms with Crippen LogP contribution in [0.3, 0.4) is 0 Å². The molecule has 144 valence electrons. The van der Waals surface area contributed by atoms with Crippen LogP contribution >= 0.6 is 11.6 Å². The molecule has 0 fully saturated rings. The van der Waals surface area contributed by atoms with Gasteiger partial charge < -0.3 is 10.2 Å². The fourth-order valence-electron chi connectivity index (χ4n) is 2.60. The predicted molar refractivity (Wildman–Crippen MR) is 100 cm³/mol. The average Bonchev–Trinajstić information content (AvgIpc) is 2.61. The number of amides is 2. The zero-order chi connectivity index (χ0) is 20.1. The van der Waals surface area contributed by atoms with Gasteiger partial charge in [-0.25, -0.2) is 8.78 Å². The highest BCUT2D eigenvalue weighted by Crippen LogP contribution is 2.17. The van der Waals surface area contributed by atoms with Crippen LogP contribution in [0.15, 0.2) is 42.5 Å². The molecule has 2 amide bonds. The van der Waals surface area contributed by atoms with E-state index in [0.717, 1.165) is 12.1 Å². The van der Waals surface area contributed by atoms with Crippen molar-refractivity contribution >= 4 is 23.4 Å². The Morgan fingerprint density at radius 3 is 2.41 bits per heavy atom. The number of carbonyl (C=O) groups excluding carboxylic acids is 2. The first-order valence-corrected chi connectivity index (χ1v) is 8.82. The smallest absolute Gasteiger partial charge is 0.253 e. The summed E-state index contributed by atoms with van der Waals surface area (Å²) in [6.07, 6.45) is 0. The number of halogens is 3. The highest BCUT2D eigenvalue weighted by molar-refractivity contribution is 6.33. The van der Waals surface area contributed by atoms with Crippen LogP contribution in [0.1, 0.15) is 29.8 Å². The van der Waals surface area contributed by atoms with E-state index in [2.05, 4.69) is 5.32 Å². The van der Waals surface area contributed by atoms with Crippen LogP contribution in [-0.2, 0) is 11.3 Å². The van der Waals surface area contributed by atoms with E-state index in [-0.39, 0.29) is 34.5 Å². The van der Waals surface area contributed by atoms with Gasteiger partial charge in [0.1, 0.15) is 17.7 Å². The minimum Gasteiger partial charge on any atom is -0.340 e. The maximum absolute atomic E-state index is 13.8. The molecule has 0 saturated carbocycles. The normalized spacial score (nSPS) is 12.0. The van der Waals surface area contributed by atoms with Gasteiger partial charge in [0, 0.05) is 25.2 Å². The molecule has 1 unspecified atom stereocenters. The Bertz CT molecular complexity index is 842. The number of rotatable bonds is 6. The molecule has 1 atom stereocenters. The van der Waals surface area contributed by atoms with Crippen molar-refractivity contribution in [1.82, 2.24) is 10.2 Å². The summed E-state index contributed by atoms with van der Waals surface area (Å²) in [7, 11) is 1.50. The van der Waals surface area contributed by atoms with E-state index in [1.54, 1.807) is 38.1 Å². The van der Waals surface area contributed by atoms with Crippen molar-refractivity contribution in [3.8, 4) is 0 Å². The molecular formula is C20H21ClF2N2O2. The number of benzene rings is 2. The van der Waals surface area contributed by atoms with Crippen molar-refractivity contribution in [2.45, 2.75) is 26.4 Å². The Hall–Kier alpha value is -2.47. The number of carbonyl (C=O) groups is 2. The van der Waals surface area contributed by atoms with Gasteiger partial charge in [0.15, 0.2) is 0 Å². The van der Waals surface area contributed by atoms with Crippen molar-refractivity contribution in [3.05, 3.63) is 70.2 Å². The van der Waals surface area contributed by atoms with Crippen molar-refractivity contribution in [2.24, 2.45) is 5.92 Å². The monoisotopic (exact) mass is 394 g/mol. The van der Waals surface area contributed by atoms with E-state index in [1.165, 1.54) is 18.0 Å². The lowest BCUT2D eigenvalue weighted by Gasteiger charge is -2.27. The van der Waals surface area contributed by atoms with Crippen LogP contribution in [-0.4, -0.2) is 29.8 Å². The quantitative estimate of drug-likeness (QED) is 0.804. The third-order valence-electron chi connectivity index (χ3n) is 4.14. The molecular weight excluding hydrogens is 374 g/mol. The third kappa shape index (κ3) is 5.26. The lowest BCUT2D eigenvalue weighted by molar-refractivity contribution is -0.133. The molecule has 1 N–H and O–H groups in total. The molecule has 2 rings (SSSR count). The second-order valence-electron chi connectivity index (χ2n) is 6.61. The van der Waals surface area contributed by atoms with Crippen LogP contribution in [0.5, 0.6) is 0 Å². The summed E-state index contributed by atoms with van der Waals surface area (Å²) in [6, 6.07) is 8.92. The second-order valence-corrected chi connectivity index (χ2v) is 7.01.